The lowest BCUT2D eigenvalue weighted by Crippen LogP contribution is -2.25. The van der Waals surface area contributed by atoms with Crippen LogP contribution in [0.5, 0.6) is 0 Å². The van der Waals surface area contributed by atoms with Crippen LogP contribution in [0.2, 0.25) is 0 Å². The van der Waals surface area contributed by atoms with Crippen LogP contribution in [-0.4, -0.2) is 20.7 Å². The van der Waals surface area contributed by atoms with Crippen molar-refractivity contribution in [2.24, 2.45) is 0 Å². The summed E-state index contributed by atoms with van der Waals surface area (Å²) in [6.45, 7) is 0.473. The first-order valence-corrected chi connectivity index (χ1v) is 6.25. The van der Waals surface area contributed by atoms with Crippen molar-refractivity contribution >= 4 is 15.7 Å². The predicted molar refractivity (Wildman–Crippen MR) is 56.9 cm³/mol. The number of para-hydroxylation sites is 1. The quantitative estimate of drug-likeness (QED) is 0.714. The van der Waals surface area contributed by atoms with Gasteiger partial charge in [0.25, 0.3) is 0 Å². The lowest BCUT2D eigenvalue weighted by atomic mass is 10.2. The first kappa shape index (κ1) is 9.99. The highest BCUT2D eigenvalue weighted by atomic mass is 32.2. The predicted octanol–water partition coefficient (Wildman–Crippen LogP) is 1.10. The molecule has 1 aliphatic rings. The van der Waals surface area contributed by atoms with Gasteiger partial charge in [0.1, 0.15) is 6.07 Å². The summed E-state index contributed by atoms with van der Waals surface area (Å²) in [4.78, 5) is 0. The molecule has 0 unspecified atom stereocenters. The first-order valence-electron chi connectivity index (χ1n) is 4.65. The molecule has 0 amide bonds. The van der Waals surface area contributed by atoms with Gasteiger partial charge in [0.2, 0.25) is 10.0 Å². The van der Waals surface area contributed by atoms with Crippen LogP contribution in [0.15, 0.2) is 24.3 Å². The Labute approximate surface area is 88.8 Å². The summed E-state index contributed by atoms with van der Waals surface area (Å²) in [7, 11) is -3.19. The van der Waals surface area contributed by atoms with E-state index in [2.05, 4.69) is 0 Å². The van der Waals surface area contributed by atoms with E-state index < -0.39 is 10.0 Å². The normalized spacial score (nSPS) is 18.7. The number of anilines is 1. The Morgan fingerprint density at radius 3 is 2.67 bits per heavy atom. The fourth-order valence-electron chi connectivity index (χ4n) is 1.70. The van der Waals surface area contributed by atoms with Gasteiger partial charge in [0.05, 0.1) is 17.0 Å². The molecule has 4 nitrogen and oxygen atoms in total. The number of hydrogen-bond donors (Lipinski definition) is 0. The van der Waals surface area contributed by atoms with Crippen molar-refractivity contribution in [3.05, 3.63) is 29.8 Å². The van der Waals surface area contributed by atoms with Crippen LogP contribution in [-0.2, 0) is 10.0 Å². The molecule has 2 rings (SSSR count). The van der Waals surface area contributed by atoms with E-state index in [9.17, 15) is 8.42 Å². The monoisotopic (exact) mass is 222 g/mol. The average Bonchev–Trinajstić information content (AvgIpc) is 2.58. The molecule has 15 heavy (non-hydrogen) atoms. The topological polar surface area (TPSA) is 61.2 Å². The number of nitrogens with zero attached hydrogens (tertiary/aromatic N) is 2. The Bertz CT molecular complexity index is 516. The SMILES string of the molecule is N#Cc1ccccc1N1CCCS1(=O)=O. The van der Waals surface area contributed by atoms with Gasteiger partial charge in [0, 0.05) is 6.54 Å². The molecule has 0 N–H and O–H groups in total. The minimum atomic E-state index is -3.19. The summed E-state index contributed by atoms with van der Waals surface area (Å²) in [5.74, 6) is 0.173. The van der Waals surface area contributed by atoms with Gasteiger partial charge in [-0.15, -0.1) is 0 Å². The molecular formula is C10H10N2O2S. The Hall–Kier alpha value is -1.54. The van der Waals surface area contributed by atoms with Crippen LogP contribution < -0.4 is 4.31 Å². The number of nitriles is 1. The van der Waals surface area contributed by atoms with E-state index in [1.54, 1.807) is 24.3 Å². The molecule has 1 aromatic rings. The minimum absolute atomic E-state index is 0.173. The van der Waals surface area contributed by atoms with Gasteiger partial charge in [-0.05, 0) is 18.6 Å². The number of benzene rings is 1. The zero-order chi connectivity index (χ0) is 10.9. The van der Waals surface area contributed by atoms with E-state index in [0.29, 0.717) is 24.2 Å². The molecule has 78 valence electrons. The summed E-state index contributed by atoms with van der Waals surface area (Å²) < 4.78 is 24.6. The van der Waals surface area contributed by atoms with Crippen molar-refractivity contribution < 1.29 is 8.42 Å². The van der Waals surface area contributed by atoms with Crippen molar-refractivity contribution in [2.75, 3.05) is 16.6 Å². The largest absolute Gasteiger partial charge is 0.269 e. The second-order valence-electron chi connectivity index (χ2n) is 3.37. The maximum absolute atomic E-state index is 11.6. The Morgan fingerprint density at radius 2 is 2.07 bits per heavy atom. The van der Waals surface area contributed by atoms with Crippen LogP contribution in [0, 0.1) is 11.3 Å². The minimum Gasteiger partial charge on any atom is -0.269 e. The number of sulfonamides is 1. The molecule has 5 heteroatoms. The third-order valence-electron chi connectivity index (χ3n) is 2.39. The summed E-state index contributed by atoms with van der Waals surface area (Å²) in [6.07, 6.45) is 0.627. The van der Waals surface area contributed by atoms with E-state index >= 15 is 0 Å². The average molecular weight is 222 g/mol. The Kier molecular flexibility index (Phi) is 2.37. The third-order valence-corrected chi connectivity index (χ3v) is 4.25. The number of hydrogen-bond acceptors (Lipinski definition) is 3. The molecule has 1 aliphatic heterocycles. The molecule has 0 radical (unpaired) electrons. The lowest BCUT2D eigenvalue weighted by molar-refractivity contribution is 0.599. The van der Waals surface area contributed by atoms with E-state index in [4.69, 9.17) is 5.26 Å². The second kappa shape index (κ2) is 3.55. The van der Waals surface area contributed by atoms with E-state index in [0.717, 1.165) is 0 Å². The van der Waals surface area contributed by atoms with Gasteiger partial charge >= 0.3 is 0 Å². The van der Waals surface area contributed by atoms with Crippen LogP contribution >= 0.6 is 0 Å². The highest BCUT2D eigenvalue weighted by molar-refractivity contribution is 7.93. The fourth-order valence-corrected chi connectivity index (χ4v) is 3.28. The first-order chi connectivity index (χ1) is 7.15. The molecule has 1 heterocycles. The molecule has 0 aromatic heterocycles. The molecular weight excluding hydrogens is 212 g/mol. The maximum atomic E-state index is 11.6. The molecule has 0 atom stereocenters. The summed E-state index contributed by atoms with van der Waals surface area (Å²) in [5.41, 5.74) is 0.903. The van der Waals surface area contributed by atoms with Gasteiger partial charge < -0.3 is 0 Å². The molecule has 1 saturated heterocycles. The summed E-state index contributed by atoms with van der Waals surface area (Å²) in [5, 5.41) is 8.88. The van der Waals surface area contributed by atoms with Crippen molar-refractivity contribution in [3.63, 3.8) is 0 Å². The van der Waals surface area contributed by atoms with Gasteiger partial charge in [-0.3, -0.25) is 4.31 Å². The highest BCUT2D eigenvalue weighted by Gasteiger charge is 2.29. The standard InChI is InChI=1S/C10H10N2O2S/c11-8-9-4-1-2-5-10(9)12-6-3-7-15(12,13)14/h1-2,4-5H,3,6-7H2. The fraction of sp³-hybridized carbons (Fsp3) is 0.300. The molecule has 0 saturated carbocycles. The van der Waals surface area contributed by atoms with Crippen molar-refractivity contribution in [1.82, 2.24) is 0 Å². The number of rotatable bonds is 1. The van der Waals surface area contributed by atoms with Gasteiger partial charge in [0.15, 0.2) is 0 Å². The third kappa shape index (κ3) is 1.68. The highest BCUT2D eigenvalue weighted by Crippen LogP contribution is 2.26. The van der Waals surface area contributed by atoms with E-state index in [1.807, 2.05) is 6.07 Å². The van der Waals surface area contributed by atoms with Crippen molar-refractivity contribution in [3.8, 4) is 6.07 Å². The smallest absolute Gasteiger partial charge is 0.235 e. The Morgan fingerprint density at radius 1 is 1.33 bits per heavy atom. The van der Waals surface area contributed by atoms with E-state index in [1.165, 1.54) is 4.31 Å². The molecule has 0 aliphatic carbocycles. The Balaban J connectivity index is 2.51. The summed E-state index contributed by atoms with van der Waals surface area (Å²) in [6, 6.07) is 8.77. The molecule has 1 aromatic carbocycles. The molecule has 0 bridgehead atoms. The van der Waals surface area contributed by atoms with Crippen LogP contribution in [0.1, 0.15) is 12.0 Å². The van der Waals surface area contributed by atoms with Crippen LogP contribution in [0.3, 0.4) is 0 Å². The van der Waals surface area contributed by atoms with Crippen LogP contribution in [0.4, 0.5) is 5.69 Å². The van der Waals surface area contributed by atoms with Crippen molar-refractivity contribution in [1.29, 1.82) is 5.26 Å². The van der Waals surface area contributed by atoms with E-state index in [-0.39, 0.29) is 5.75 Å². The zero-order valence-electron chi connectivity index (χ0n) is 8.05. The lowest BCUT2D eigenvalue weighted by Gasteiger charge is -2.17. The maximum Gasteiger partial charge on any atom is 0.235 e. The molecule has 1 fully saturated rings. The van der Waals surface area contributed by atoms with Gasteiger partial charge in [-0.2, -0.15) is 5.26 Å². The van der Waals surface area contributed by atoms with Crippen LogP contribution in [0.25, 0.3) is 0 Å². The second-order valence-corrected chi connectivity index (χ2v) is 5.38. The van der Waals surface area contributed by atoms with Gasteiger partial charge in [-0.25, -0.2) is 8.42 Å². The summed E-state index contributed by atoms with van der Waals surface area (Å²) >= 11 is 0. The van der Waals surface area contributed by atoms with Crippen molar-refractivity contribution in [2.45, 2.75) is 6.42 Å². The molecule has 0 spiro atoms. The van der Waals surface area contributed by atoms with Gasteiger partial charge in [-0.1, -0.05) is 12.1 Å². The zero-order valence-corrected chi connectivity index (χ0v) is 8.87.